The van der Waals surface area contributed by atoms with Crippen molar-refractivity contribution >= 4 is 17.7 Å². The first kappa shape index (κ1) is 21.1. The van der Waals surface area contributed by atoms with Gasteiger partial charge in [0.1, 0.15) is 24.5 Å². The molecule has 0 fully saturated rings. The molecule has 0 bridgehead atoms. The number of rotatable bonds is 11. The Balaban J connectivity index is 1.75. The van der Waals surface area contributed by atoms with Crippen LogP contribution in [0.2, 0.25) is 0 Å². The van der Waals surface area contributed by atoms with Gasteiger partial charge in [0.05, 0.1) is 13.1 Å². The van der Waals surface area contributed by atoms with Crippen molar-refractivity contribution in [3.8, 4) is 5.75 Å². The van der Waals surface area contributed by atoms with Crippen LogP contribution in [0.3, 0.4) is 0 Å². The van der Waals surface area contributed by atoms with Gasteiger partial charge in [0.2, 0.25) is 0 Å². The van der Waals surface area contributed by atoms with Gasteiger partial charge in [0, 0.05) is 25.3 Å². The van der Waals surface area contributed by atoms with E-state index in [1.807, 2.05) is 12.1 Å². The van der Waals surface area contributed by atoms with E-state index in [1.165, 1.54) is 5.56 Å². The van der Waals surface area contributed by atoms with Gasteiger partial charge in [-0.05, 0) is 25.3 Å². The van der Waals surface area contributed by atoms with E-state index >= 15 is 0 Å². The average molecular weight is 391 g/mol. The second-order valence-electron chi connectivity index (χ2n) is 6.03. The lowest BCUT2D eigenvalue weighted by Crippen LogP contribution is -2.41. The van der Waals surface area contributed by atoms with Crippen LogP contribution in [-0.2, 0) is 13.0 Å². The molecule has 2 rings (SSSR count). The largest absolute Gasteiger partial charge is 0.492 e. The van der Waals surface area contributed by atoms with Gasteiger partial charge in [-0.3, -0.25) is 4.99 Å². The molecule has 0 radical (unpaired) electrons. The number of ether oxygens (including phenoxy) is 1. The van der Waals surface area contributed by atoms with Crippen molar-refractivity contribution in [3.05, 3.63) is 42.0 Å². The van der Waals surface area contributed by atoms with Crippen LogP contribution in [0.15, 0.2) is 35.6 Å². The molecular weight excluding hydrogens is 360 g/mol. The summed E-state index contributed by atoms with van der Waals surface area (Å²) in [5.41, 5.74) is 1.23. The number of nitrogens with zero attached hydrogens (tertiary/aromatic N) is 4. The van der Waals surface area contributed by atoms with Gasteiger partial charge in [0.15, 0.2) is 5.96 Å². The van der Waals surface area contributed by atoms with Crippen LogP contribution in [0.5, 0.6) is 5.75 Å². The number of aromatic nitrogens is 3. The number of hydrogen-bond acceptors (Lipinski definition) is 5. The highest BCUT2D eigenvalue weighted by atomic mass is 32.2. The number of nitrogens with one attached hydrogen (secondary N) is 2. The lowest BCUT2D eigenvalue weighted by atomic mass is 10.2. The molecule has 0 amide bonds. The van der Waals surface area contributed by atoms with Crippen LogP contribution in [0.4, 0.5) is 0 Å². The van der Waals surface area contributed by atoms with E-state index in [4.69, 9.17) is 4.74 Å². The monoisotopic (exact) mass is 390 g/mol. The number of thioether (sulfide) groups is 1. The Morgan fingerprint density at radius 3 is 2.74 bits per heavy atom. The Hall–Kier alpha value is -2.22. The molecule has 0 saturated heterocycles. The Labute approximate surface area is 166 Å². The average Bonchev–Trinajstić information content (AvgIpc) is 3.14. The van der Waals surface area contributed by atoms with Crippen LogP contribution >= 0.6 is 11.8 Å². The Bertz CT molecular complexity index is 686. The fourth-order valence-electron chi connectivity index (χ4n) is 2.43. The van der Waals surface area contributed by atoms with Crippen molar-refractivity contribution in [2.75, 3.05) is 38.2 Å². The Morgan fingerprint density at radius 2 is 2.00 bits per heavy atom. The molecule has 1 heterocycles. The number of aliphatic imine (C=N–C) groups is 1. The van der Waals surface area contributed by atoms with E-state index in [9.17, 15) is 0 Å². The normalized spacial score (nSPS) is 11.4. The van der Waals surface area contributed by atoms with Crippen molar-refractivity contribution in [3.63, 3.8) is 0 Å². The number of benzene rings is 1. The lowest BCUT2D eigenvalue weighted by Gasteiger charge is -2.14. The molecule has 1 aromatic heterocycles. The molecule has 0 spiro atoms. The second kappa shape index (κ2) is 12.2. The predicted octanol–water partition coefficient (Wildman–Crippen LogP) is 2.13. The SMILES string of the molecule is CCc1nncn1CCNC(=NCCSC)NCCOc1ccc(C)cc1. The summed E-state index contributed by atoms with van der Waals surface area (Å²) in [6.07, 6.45) is 4.74. The molecule has 0 saturated carbocycles. The molecule has 0 atom stereocenters. The van der Waals surface area contributed by atoms with Crippen LogP contribution in [0.1, 0.15) is 18.3 Å². The lowest BCUT2D eigenvalue weighted by molar-refractivity contribution is 0.322. The molecule has 2 N–H and O–H groups in total. The fraction of sp³-hybridized carbons (Fsp3) is 0.526. The van der Waals surface area contributed by atoms with E-state index in [2.05, 4.69) is 62.6 Å². The van der Waals surface area contributed by atoms with Crippen LogP contribution in [-0.4, -0.2) is 59.0 Å². The topological polar surface area (TPSA) is 76.4 Å². The highest BCUT2D eigenvalue weighted by Crippen LogP contribution is 2.10. The number of guanidine groups is 1. The second-order valence-corrected chi connectivity index (χ2v) is 7.02. The van der Waals surface area contributed by atoms with E-state index in [-0.39, 0.29) is 0 Å². The van der Waals surface area contributed by atoms with Crippen molar-refractivity contribution in [1.82, 2.24) is 25.4 Å². The summed E-state index contributed by atoms with van der Waals surface area (Å²) in [4.78, 5) is 4.61. The maximum absolute atomic E-state index is 5.76. The standard InChI is InChI=1S/C19H30N6OS/c1-4-18-24-23-15-25(18)12-9-20-19(22-11-14-27-3)21-10-13-26-17-7-5-16(2)6-8-17/h5-8,15H,4,9-14H2,1-3H3,(H2,20,21,22). The maximum atomic E-state index is 5.76. The zero-order valence-corrected chi connectivity index (χ0v) is 17.3. The number of hydrogen-bond donors (Lipinski definition) is 2. The molecule has 2 aromatic rings. The minimum atomic E-state index is 0.581. The fourth-order valence-corrected chi connectivity index (χ4v) is 2.70. The van der Waals surface area contributed by atoms with E-state index in [1.54, 1.807) is 18.1 Å². The van der Waals surface area contributed by atoms with Crippen molar-refractivity contribution < 1.29 is 4.74 Å². The molecule has 1 aromatic carbocycles. The zero-order valence-electron chi connectivity index (χ0n) is 16.4. The van der Waals surface area contributed by atoms with E-state index in [0.29, 0.717) is 13.2 Å². The first-order valence-electron chi connectivity index (χ1n) is 9.30. The highest BCUT2D eigenvalue weighted by Gasteiger charge is 2.03. The molecule has 7 nitrogen and oxygen atoms in total. The van der Waals surface area contributed by atoms with E-state index in [0.717, 1.165) is 49.3 Å². The third kappa shape index (κ3) is 7.90. The van der Waals surface area contributed by atoms with Gasteiger partial charge in [-0.2, -0.15) is 11.8 Å². The third-order valence-corrected chi connectivity index (χ3v) is 4.50. The van der Waals surface area contributed by atoms with Crippen LogP contribution < -0.4 is 15.4 Å². The van der Waals surface area contributed by atoms with Gasteiger partial charge in [-0.1, -0.05) is 24.6 Å². The number of aryl methyl sites for hydroxylation is 2. The summed E-state index contributed by atoms with van der Waals surface area (Å²) in [5, 5.41) is 14.8. The summed E-state index contributed by atoms with van der Waals surface area (Å²) in [7, 11) is 0. The maximum Gasteiger partial charge on any atom is 0.191 e. The molecule has 0 unspecified atom stereocenters. The van der Waals surface area contributed by atoms with Crippen LogP contribution in [0, 0.1) is 6.92 Å². The molecule has 27 heavy (non-hydrogen) atoms. The van der Waals surface area contributed by atoms with E-state index < -0.39 is 0 Å². The van der Waals surface area contributed by atoms with Gasteiger partial charge in [-0.25, -0.2) is 0 Å². The third-order valence-electron chi connectivity index (χ3n) is 3.91. The van der Waals surface area contributed by atoms with Crippen molar-refractivity contribution in [1.29, 1.82) is 0 Å². The summed E-state index contributed by atoms with van der Waals surface area (Å²) >= 11 is 1.79. The molecule has 0 aliphatic carbocycles. The first-order chi connectivity index (χ1) is 13.2. The van der Waals surface area contributed by atoms with Crippen molar-refractivity contribution in [2.45, 2.75) is 26.8 Å². The summed E-state index contributed by atoms with van der Waals surface area (Å²) < 4.78 is 7.82. The quantitative estimate of drug-likeness (QED) is 0.348. The summed E-state index contributed by atoms with van der Waals surface area (Å²) in [5.74, 6) is 3.69. The highest BCUT2D eigenvalue weighted by molar-refractivity contribution is 7.98. The van der Waals surface area contributed by atoms with Gasteiger partial charge in [0.25, 0.3) is 0 Å². The first-order valence-corrected chi connectivity index (χ1v) is 10.7. The summed E-state index contributed by atoms with van der Waals surface area (Å²) in [6, 6.07) is 8.08. The molecule has 148 valence electrons. The Morgan fingerprint density at radius 1 is 1.22 bits per heavy atom. The van der Waals surface area contributed by atoms with Crippen molar-refractivity contribution in [2.24, 2.45) is 4.99 Å². The predicted molar refractivity (Wildman–Crippen MR) is 113 cm³/mol. The minimum Gasteiger partial charge on any atom is -0.492 e. The summed E-state index contributed by atoms with van der Waals surface area (Å²) in [6.45, 7) is 7.76. The molecule has 0 aliphatic rings. The van der Waals surface area contributed by atoms with Gasteiger partial charge >= 0.3 is 0 Å². The Kier molecular flexibility index (Phi) is 9.54. The smallest absolute Gasteiger partial charge is 0.191 e. The molecule has 0 aliphatic heterocycles. The molecule has 8 heteroatoms. The van der Waals surface area contributed by atoms with Gasteiger partial charge < -0.3 is 19.9 Å². The van der Waals surface area contributed by atoms with Crippen LogP contribution in [0.25, 0.3) is 0 Å². The zero-order chi connectivity index (χ0) is 19.3. The molecular formula is C19H30N6OS. The minimum absolute atomic E-state index is 0.581. The van der Waals surface area contributed by atoms with Gasteiger partial charge in [-0.15, -0.1) is 10.2 Å².